The maximum atomic E-state index is 15.6. The predicted molar refractivity (Wildman–Crippen MR) is 155 cm³/mol. The zero-order chi connectivity index (χ0) is 29.5. The van der Waals surface area contributed by atoms with Gasteiger partial charge in [-0.1, -0.05) is 12.1 Å². The number of ether oxygens (including phenoxy) is 4. The van der Waals surface area contributed by atoms with Crippen LogP contribution in [0.2, 0.25) is 0 Å². The van der Waals surface area contributed by atoms with E-state index in [1.54, 1.807) is 7.05 Å². The lowest BCUT2D eigenvalue weighted by atomic mass is 9.87. The van der Waals surface area contributed by atoms with Gasteiger partial charge in [0.2, 0.25) is 0 Å². The van der Waals surface area contributed by atoms with E-state index in [1.165, 1.54) is 17.7 Å². The number of nitrogens with zero attached hydrogens (tertiary/aromatic N) is 2. The van der Waals surface area contributed by atoms with Gasteiger partial charge in [0.25, 0.3) is 5.56 Å². The molecule has 0 unspecified atom stereocenters. The van der Waals surface area contributed by atoms with Crippen LogP contribution < -0.4 is 10.3 Å². The Labute approximate surface area is 239 Å². The highest BCUT2D eigenvalue weighted by Gasteiger charge is 2.35. The van der Waals surface area contributed by atoms with Crippen LogP contribution >= 0.6 is 0 Å². The van der Waals surface area contributed by atoms with Crippen LogP contribution in [-0.2, 0) is 39.0 Å². The van der Waals surface area contributed by atoms with E-state index >= 15 is 4.39 Å². The maximum absolute atomic E-state index is 15.6. The predicted octanol–water partition coefficient (Wildman–Crippen LogP) is 4.84. The van der Waals surface area contributed by atoms with E-state index in [0.29, 0.717) is 60.4 Å². The fourth-order valence-corrected chi connectivity index (χ4v) is 5.88. The molecule has 9 heteroatoms. The second-order valence-electron chi connectivity index (χ2n) is 11.8. The van der Waals surface area contributed by atoms with Crippen molar-refractivity contribution in [2.75, 3.05) is 40.0 Å². The molecule has 2 aromatic carbocycles. The summed E-state index contributed by atoms with van der Waals surface area (Å²) in [6.45, 7) is 11.6. The zero-order valence-corrected chi connectivity index (χ0v) is 24.8. The van der Waals surface area contributed by atoms with Gasteiger partial charge in [0, 0.05) is 43.2 Å². The molecular weight excluding hydrogens is 527 g/mol. The molecule has 1 aromatic heterocycles. The SMILES string of the molecule is COC(=O)[C@@H](OC(C)(C)C)c1c(-c2cc(F)c3c(c2C)CCCO3)c2ccc(CN3CCOCC3)cc2c(=O)n1C. The first-order valence-electron chi connectivity index (χ1n) is 14.2. The van der Waals surface area contributed by atoms with Crippen LogP contribution in [0.1, 0.15) is 55.7 Å². The van der Waals surface area contributed by atoms with Crippen molar-refractivity contribution in [1.29, 1.82) is 0 Å². The summed E-state index contributed by atoms with van der Waals surface area (Å²) >= 11 is 0. The van der Waals surface area contributed by atoms with Gasteiger partial charge in [-0.2, -0.15) is 0 Å². The average molecular weight is 567 g/mol. The van der Waals surface area contributed by atoms with Gasteiger partial charge >= 0.3 is 5.97 Å². The number of halogens is 1. The Kier molecular flexibility index (Phi) is 8.23. The molecule has 41 heavy (non-hydrogen) atoms. The molecule has 0 N–H and O–H groups in total. The Morgan fingerprint density at radius 3 is 2.54 bits per heavy atom. The molecule has 0 amide bonds. The molecule has 0 aliphatic carbocycles. The normalized spacial score (nSPS) is 16.8. The highest BCUT2D eigenvalue weighted by atomic mass is 19.1. The van der Waals surface area contributed by atoms with Gasteiger partial charge in [-0.15, -0.1) is 0 Å². The molecule has 5 rings (SSSR count). The lowest BCUT2D eigenvalue weighted by molar-refractivity contribution is -0.165. The fourth-order valence-electron chi connectivity index (χ4n) is 5.88. The second kappa shape index (κ2) is 11.5. The average Bonchev–Trinajstić information content (AvgIpc) is 2.95. The van der Waals surface area contributed by atoms with Crippen LogP contribution in [0.15, 0.2) is 29.1 Å². The van der Waals surface area contributed by atoms with E-state index in [0.717, 1.165) is 36.2 Å². The van der Waals surface area contributed by atoms with Gasteiger partial charge < -0.3 is 23.5 Å². The number of pyridine rings is 1. The van der Waals surface area contributed by atoms with E-state index in [2.05, 4.69) is 4.90 Å². The molecule has 3 heterocycles. The first-order valence-corrected chi connectivity index (χ1v) is 14.2. The van der Waals surface area contributed by atoms with Gasteiger partial charge in [0.15, 0.2) is 17.7 Å². The van der Waals surface area contributed by atoms with Crippen molar-refractivity contribution in [2.24, 2.45) is 7.05 Å². The third kappa shape index (κ3) is 5.76. The monoisotopic (exact) mass is 566 g/mol. The minimum atomic E-state index is -1.22. The van der Waals surface area contributed by atoms with E-state index in [4.69, 9.17) is 18.9 Å². The highest BCUT2D eigenvalue weighted by Crippen LogP contribution is 2.43. The Hall–Kier alpha value is -3.27. The van der Waals surface area contributed by atoms with Crippen molar-refractivity contribution < 1.29 is 28.1 Å². The summed E-state index contributed by atoms with van der Waals surface area (Å²) in [7, 11) is 2.92. The van der Waals surface area contributed by atoms with Crippen molar-refractivity contribution in [2.45, 2.75) is 58.8 Å². The minimum Gasteiger partial charge on any atom is -0.490 e. The molecule has 0 bridgehead atoms. The highest BCUT2D eigenvalue weighted by molar-refractivity contribution is 6.00. The summed E-state index contributed by atoms with van der Waals surface area (Å²) in [5, 5.41) is 1.12. The number of carbonyl (C=O) groups excluding carboxylic acids is 1. The van der Waals surface area contributed by atoms with Gasteiger partial charge in [0.1, 0.15) is 0 Å². The second-order valence-corrected chi connectivity index (χ2v) is 11.8. The number of methoxy groups -OCH3 is 1. The van der Waals surface area contributed by atoms with E-state index in [1.807, 2.05) is 45.9 Å². The van der Waals surface area contributed by atoms with Crippen LogP contribution in [0.3, 0.4) is 0 Å². The number of fused-ring (bicyclic) bond motifs is 2. The summed E-state index contributed by atoms with van der Waals surface area (Å²) in [6, 6.07) is 7.26. The lowest BCUT2D eigenvalue weighted by Gasteiger charge is -2.30. The number of carbonyl (C=O) groups is 1. The van der Waals surface area contributed by atoms with Crippen LogP contribution in [0.5, 0.6) is 5.75 Å². The summed E-state index contributed by atoms with van der Waals surface area (Å²) in [4.78, 5) is 29.5. The van der Waals surface area contributed by atoms with E-state index in [9.17, 15) is 9.59 Å². The molecule has 220 valence electrons. The molecule has 1 saturated heterocycles. The smallest absolute Gasteiger partial charge is 0.341 e. The molecule has 8 nitrogen and oxygen atoms in total. The number of rotatable bonds is 6. The number of aromatic nitrogens is 1. The third-order valence-electron chi connectivity index (χ3n) is 7.86. The van der Waals surface area contributed by atoms with Crippen LogP contribution in [-0.4, -0.2) is 61.1 Å². The summed E-state index contributed by atoms with van der Waals surface area (Å²) < 4.78 is 39.7. The number of morpholine rings is 1. The van der Waals surface area contributed by atoms with Crippen molar-refractivity contribution in [3.63, 3.8) is 0 Å². The largest absolute Gasteiger partial charge is 0.490 e. The molecule has 0 radical (unpaired) electrons. The molecule has 1 fully saturated rings. The Morgan fingerprint density at radius 1 is 1.12 bits per heavy atom. The van der Waals surface area contributed by atoms with Crippen LogP contribution in [0.4, 0.5) is 4.39 Å². The summed E-state index contributed by atoms with van der Waals surface area (Å²) in [5.74, 6) is -0.834. The Bertz CT molecular complexity index is 1530. The molecule has 2 aliphatic rings. The molecule has 2 aliphatic heterocycles. The third-order valence-corrected chi connectivity index (χ3v) is 7.86. The van der Waals surface area contributed by atoms with Gasteiger partial charge in [-0.25, -0.2) is 9.18 Å². The minimum absolute atomic E-state index is 0.270. The van der Waals surface area contributed by atoms with E-state index < -0.39 is 23.5 Å². The molecule has 0 saturated carbocycles. The number of benzene rings is 2. The quantitative estimate of drug-likeness (QED) is 0.395. The van der Waals surface area contributed by atoms with Gasteiger partial charge in [-0.3, -0.25) is 9.69 Å². The van der Waals surface area contributed by atoms with Gasteiger partial charge in [-0.05, 0) is 74.7 Å². The first kappa shape index (κ1) is 29.2. The van der Waals surface area contributed by atoms with E-state index in [-0.39, 0.29) is 11.3 Å². The molecule has 3 aromatic rings. The molecular formula is C32H39FN2O6. The maximum Gasteiger partial charge on any atom is 0.341 e. The number of esters is 1. The zero-order valence-electron chi connectivity index (χ0n) is 24.8. The standard InChI is InChI=1S/C32H39FN2O6/c1-19-21-8-7-13-40-28(21)25(33)17-23(19)26-22-10-9-20(18-35-11-14-39-15-12-35)16-24(22)30(36)34(5)27(26)29(31(37)38-6)41-32(2,3)4/h9-10,16-17,29H,7-8,11-15,18H2,1-6H3/t29-/m0/s1. The topological polar surface area (TPSA) is 79.2 Å². The van der Waals surface area contributed by atoms with Gasteiger partial charge in [0.05, 0.1) is 38.2 Å². The van der Waals surface area contributed by atoms with Crippen molar-refractivity contribution >= 4 is 16.7 Å². The fraction of sp³-hybridized carbons (Fsp3) is 0.500. The molecule has 0 spiro atoms. The Balaban J connectivity index is 1.81. The van der Waals surface area contributed by atoms with Crippen LogP contribution in [0.25, 0.3) is 21.9 Å². The number of hydrogen-bond donors (Lipinski definition) is 0. The molecule has 1 atom stereocenters. The lowest BCUT2D eigenvalue weighted by Crippen LogP contribution is -2.35. The van der Waals surface area contributed by atoms with Crippen molar-refractivity contribution in [1.82, 2.24) is 9.47 Å². The Morgan fingerprint density at radius 2 is 1.85 bits per heavy atom. The number of hydrogen-bond acceptors (Lipinski definition) is 7. The van der Waals surface area contributed by atoms with Crippen molar-refractivity contribution in [3.05, 3.63) is 62.8 Å². The summed E-state index contributed by atoms with van der Waals surface area (Å²) in [6.07, 6.45) is 0.230. The van der Waals surface area contributed by atoms with Crippen LogP contribution in [0, 0.1) is 12.7 Å². The van der Waals surface area contributed by atoms with Crippen molar-refractivity contribution in [3.8, 4) is 16.9 Å². The first-order chi connectivity index (χ1) is 19.5. The summed E-state index contributed by atoms with van der Waals surface area (Å²) in [5.41, 5.74) is 3.12.